The van der Waals surface area contributed by atoms with Crippen molar-refractivity contribution < 1.29 is 4.42 Å². The first-order chi connectivity index (χ1) is 16.8. The first kappa shape index (κ1) is 21.6. The van der Waals surface area contributed by atoms with Gasteiger partial charge in [0.15, 0.2) is 0 Å². The van der Waals surface area contributed by atoms with Crippen LogP contribution in [0.5, 0.6) is 0 Å². The highest BCUT2D eigenvalue weighted by molar-refractivity contribution is 6.10. The van der Waals surface area contributed by atoms with Gasteiger partial charge in [0, 0.05) is 16.5 Å². The number of hydrogen-bond acceptors (Lipinski definition) is 3. The van der Waals surface area contributed by atoms with E-state index >= 15 is 0 Å². The van der Waals surface area contributed by atoms with Gasteiger partial charge in [0.25, 0.3) is 0 Å². The SMILES string of the molecule is Cc1cc(C)c(-n2c(-c3ccc(C(C)C)c4c3oc3nc(C)ccc34)nc3ccccc32)c(C)c1. The number of hydrogen-bond donors (Lipinski definition) is 0. The number of para-hydroxylation sites is 2. The van der Waals surface area contributed by atoms with Crippen molar-refractivity contribution in [2.75, 3.05) is 0 Å². The molecule has 35 heavy (non-hydrogen) atoms. The fourth-order valence-electron chi connectivity index (χ4n) is 5.49. The Morgan fingerprint density at radius 2 is 1.57 bits per heavy atom. The predicted molar refractivity (Wildman–Crippen MR) is 145 cm³/mol. The van der Waals surface area contributed by atoms with Crippen LogP contribution in [0.3, 0.4) is 0 Å². The van der Waals surface area contributed by atoms with Crippen molar-refractivity contribution >= 4 is 33.1 Å². The molecular formula is C31H29N3O. The zero-order valence-electron chi connectivity index (χ0n) is 21.1. The van der Waals surface area contributed by atoms with Crippen LogP contribution in [0.15, 0.2) is 65.1 Å². The summed E-state index contributed by atoms with van der Waals surface area (Å²) < 4.78 is 8.81. The van der Waals surface area contributed by atoms with Gasteiger partial charge in [-0.25, -0.2) is 9.97 Å². The lowest BCUT2D eigenvalue weighted by Gasteiger charge is -2.17. The van der Waals surface area contributed by atoms with Gasteiger partial charge in [-0.2, -0.15) is 0 Å². The summed E-state index contributed by atoms with van der Waals surface area (Å²) in [7, 11) is 0. The molecule has 3 heterocycles. The number of furan rings is 1. The maximum Gasteiger partial charge on any atom is 0.227 e. The molecule has 0 N–H and O–H groups in total. The monoisotopic (exact) mass is 459 g/mol. The Hall–Kier alpha value is -3.92. The normalized spacial score (nSPS) is 12.0. The van der Waals surface area contributed by atoms with E-state index in [0.717, 1.165) is 44.5 Å². The molecule has 0 fully saturated rings. The van der Waals surface area contributed by atoms with Crippen LogP contribution in [-0.4, -0.2) is 14.5 Å². The van der Waals surface area contributed by atoms with E-state index in [2.05, 4.69) is 93.8 Å². The van der Waals surface area contributed by atoms with Crippen LogP contribution >= 0.6 is 0 Å². The van der Waals surface area contributed by atoms with Crippen LogP contribution in [0, 0.1) is 27.7 Å². The molecule has 3 aromatic carbocycles. The Bertz CT molecular complexity index is 1740. The molecule has 4 heteroatoms. The zero-order valence-corrected chi connectivity index (χ0v) is 21.1. The highest BCUT2D eigenvalue weighted by atomic mass is 16.3. The lowest BCUT2D eigenvalue weighted by Crippen LogP contribution is -2.04. The van der Waals surface area contributed by atoms with Crippen molar-refractivity contribution in [1.82, 2.24) is 14.5 Å². The Balaban J connectivity index is 1.77. The van der Waals surface area contributed by atoms with E-state index in [0.29, 0.717) is 11.6 Å². The standard InChI is InChI=1S/C31H29N3O/c1-17(2)22-13-14-24(29-27(22)23-12-11-21(6)32-31(23)35-29)30-33-25-9-7-8-10-26(25)34(30)28-19(4)15-18(3)16-20(28)5/h7-17H,1-6H3. The minimum atomic E-state index is 0.356. The molecule has 0 bridgehead atoms. The van der Waals surface area contributed by atoms with Gasteiger partial charge < -0.3 is 4.42 Å². The summed E-state index contributed by atoms with van der Waals surface area (Å²) in [5.41, 5.74) is 11.7. The quantitative estimate of drug-likeness (QED) is 0.267. The van der Waals surface area contributed by atoms with Crippen LogP contribution in [0.25, 0.3) is 50.2 Å². The maximum atomic E-state index is 6.51. The van der Waals surface area contributed by atoms with Gasteiger partial charge in [-0.15, -0.1) is 0 Å². The van der Waals surface area contributed by atoms with Crippen molar-refractivity contribution in [3.8, 4) is 17.1 Å². The molecule has 0 atom stereocenters. The Labute approximate surface area is 205 Å². The Morgan fingerprint density at radius 3 is 2.31 bits per heavy atom. The Kier molecular flexibility index (Phi) is 4.82. The third-order valence-corrected chi connectivity index (χ3v) is 6.94. The fraction of sp³-hybridized carbons (Fsp3) is 0.226. The van der Waals surface area contributed by atoms with Gasteiger partial charge in [-0.3, -0.25) is 4.57 Å². The lowest BCUT2D eigenvalue weighted by atomic mass is 9.95. The average Bonchev–Trinajstić information content (AvgIpc) is 3.36. The molecule has 4 nitrogen and oxygen atoms in total. The largest absolute Gasteiger partial charge is 0.437 e. The molecule has 0 spiro atoms. The van der Waals surface area contributed by atoms with Gasteiger partial charge in [0.2, 0.25) is 5.71 Å². The number of imidazole rings is 1. The summed E-state index contributed by atoms with van der Waals surface area (Å²) in [6.07, 6.45) is 0. The molecule has 0 amide bonds. The number of benzene rings is 3. The van der Waals surface area contributed by atoms with Gasteiger partial charge in [0.1, 0.15) is 11.4 Å². The molecule has 0 aliphatic rings. The number of nitrogens with zero attached hydrogens (tertiary/aromatic N) is 3. The molecule has 0 saturated heterocycles. The van der Waals surface area contributed by atoms with Crippen molar-refractivity contribution in [2.24, 2.45) is 0 Å². The Morgan fingerprint density at radius 1 is 0.829 bits per heavy atom. The molecular weight excluding hydrogens is 430 g/mol. The number of aromatic nitrogens is 3. The van der Waals surface area contributed by atoms with Crippen molar-refractivity contribution in [1.29, 1.82) is 0 Å². The third-order valence-electron chi connectivity index (χ3n) is 6.94. The van der Waals surface area contributed by atoms with Gasteiger partial charge in [0.05, 0.1) is 22.3 Å². The highest BCUT2D eigenvalue weighted by Gasteiger charge is 2.24. The summed E-state index contributed by atoms with van der Waals surface area (Å²) >= 11 is 0. The van der Waals surface area contributed by atoms with E-state index in [1.165, 1.54) is 27.9 Å². The maximum absolute atomic E-state index is 6.51. The first-order valence-electron chi connectivity index (χ1n) is 12.2. The van der Waals surface area contributed by atoms with E-state index in [9.17, 15) is 0 Å². The molecule has 0 aliphatic heterocycles. The second-order valence-corrected chi connectivity index (χ2v) is 9.98. The molecule has 0 radical (unpaired) electrons. The molecule has 0 saturated carbocycles. The van der Waals surface area contributed by atoms with Crippen LogP contribution in [0.1, 0.15) is 47.7 Å². The predicted octanol–water partition coefficient (Wildman–Crippen LogP) is 8.34. The van der Waals surface area contributed by atoms with Crippen molar-refractivity contribution in [2.45, 2.75) is 47.5 Å². The molecule has 174 valence electrons. The van der Waals surface area contributed by atoms with E-state index in [1.807, 2.05) is 13.0 Å². The van der Waals surface area contributed by atoms with E-state index in [1.54, 1.807) is 0 Å². The minimum Gasteiger partial charge on any atom is -0.437 e. The van der Waals surface area contributed by atoms with Crippen molar-refractivity contribution in [3.05, 3.63) is 88.6 Å². The summed E-state index contributed by atoms with van der Waals surface area (Å²) in [5.74, 6) is 1.24. The van der Waals surface area contributed by atoms with E-state index < -0.39 is 0 Å². The number of rotatable bonds is 3. The molecule has 0 aliphatic carbocycles. The van der Waals surface area contributed by atoms with Crippen LogP contribution in [-0.2, 0) is 0 Å². The van der Waals surface area contributed by atoms with Gasteiger partial charge in [-0.1, -0.05) is 49.7 Å². The number of pyridine rings is 1. The lowest BCUT2D eigenvalue weighted by molar-refractivity contribution is 0.652. The first-order valence-corrected chi connectivity index (χ1v) is 12.2. The van der Waals surface area contributed by atoms with Gasteiger partial charge in [-0.05, 0) is 80.6 Å². The zero-order chi connectivity index (χ0) is 24.4. The average molecular weight is 460 g/mol. The summed E-state index contributed by atoms with van der Waals surface area (Å²) in [6, 6.07) is 21.4. The number of aryl methyl sites for hydroxylation is 4. The molecule has 6 rings (SSSR count). The van der Waals surface area contributed by atoms with Crippen molar-refractivity contribution in [3.63, 3.8) is 0 Å². The topological polar surface area (TPSA) is 43.9 Å². The highest BCUT2D eigenvalue weighted by Crippen LogP contribution is 2.41. The molecule has 3 aromatic heterocycles. The van der Waals surface area contributed by atoms with E-state index in [4.69, 9.17) is 14.4 Å². The summed E-state index contributed by atoms with van der Waals surface area (Å²) in [6.45, 7) is 13.0. The van der Waals surface area contributed by atoms with Crippen LogP contribution in [0.4, 0.5) is 0 Å². The third kappa shape index (κ3) is 3.28. The van der Waals surface area contributed by atoms with Gasteiger partial charge >= 0.3 is 0 Å². The minimum absolute atomic E-state index is 0.356. The summed E-state index contributed by atoms with van der Waals surface area (Å²) in [5, 5.41) is 2.19. The second kappa shape index (κ2) is 7.81. The number of fused-ring (bicyclic) bond motifs is 4. The fourth-order valence-corrected chi connectivity index (χ4v) is 5.49. The molecule has 0 unspecified atom stereocenters. The second-order valence-electron chi connectivity index (χ2n) is 9.98. The molecule has 6 aromatic rings. The van der Waals surface area contributed by atoms with E-state index in [-0.39, 0.29) is 0 Å². The smallest absolute Gasteiger partial charge is 0.227 e. The summed E-state index contributed by atoms with van der Waals surface area (Å²) in [4.78, 5) is 9.87. The van der Waals surface area contributed by atoms with Crippen LogP contribution < -0.4 is 0 Å². The van der Waals surface area contributed by atoms with Crippen LogP contribution in [0.2, 0.25) is 0 Å².